The molecule has 3 aliphatic carbocycles. The van der Waals surface area contributed by atoms with Crippen molar-refractivity contribution in [2.75, 3.05) is 13.2 Å². The molecular formula is C29H40O8. The Morgan fingerprint density at radius 3 is 2.24 bits per heavy atom. The molecule has 0 amide bonds. The molecule has 0 aromatic carbocycles. The van der Waals surface area contributed by atoms with Crippen molar-refractivity contribution in [2.45, 2.75) is 103 Å². The summed E-state index contributed by atoms with van der Waals surface area (Å²) < 4.78 is 12.1. The quantitative estimate of drug-likeness (QED) is 0.469. The Balaban J connectivity index is 1.64. The third-order valence-electron chi connectivity index (χ3n) is 11.2. The van der Waals surface area contributed by atoms with Crippen molar-refractivity contribution in [3.63, 3.8) is 0 Å². The summed E-state index contributed by atoms with van der Waals surface area (Å²) in [4.78, 5) is 52.0. The Labute approximate surface area is 218 Å². The average molecular weight is 517 g/mol. The fraction of sp³-hybridized carbons (Fsp3) is 0.793. The number of aliphatic hydroxyl groups excluding tert-OH is 1. The number of ketones is 3. The Hall–Kier alpha value is -1.90. The Bertz CT molecular complexity index is 1100. The number of hydrogen-bond acceptors (Lipinski definition) is 7. The van der Waals surface area contributed by atoms with Gasteiger partial charge in [-0.25, -0.2) is 0 Å². The van der Waals surface area contributed by atoms with Gasteiger partial charge in [-0.05, 0) is 45.4 Å². The molecule has 2 aliphatic heterocycles. The van der Waals surface area contributed by atoms with Gasteiger partial charge in [0.25, 0.3) is 0 Å². The number of Topliss-reactive ketones (excluding diaryl/α,β-unsaturated/α-hetero) is 3. The third kappa shape index (κ3) is 3.44. The van der Waals surface area contributed by atoms with Gasteiger partial charge in [-0.15, -0.1) is 0 Å². The minimum atomic E-state index is -1.36. The molecule has 204 valence electrons. The topological polar surface area (TPSA) is 130 Å². The second-order valence-electron chi connectivity index (χ2n) is 13.1. The maximum absolute atomic E-state index is 14.2. The molecule has 37 heavy (non-hydrogen) atoms. The molecule has 0 aromatic rings. The monoisotopic (exact) mass is 516 g/mol. The van der Waals surface area contributed by atoms with Crippen molar-refractivity contribution < 1.29 is 38.9 Å². The number of rotatable bonds is 8. The first-order chi connectivity index (χ1) is 17.2. The van der Waals surface area contributed by atoms with Crippen molar-refractivity contribution in [3.8, 4) is 0 Å². The zero-order valence-corrected chi connectivity index (χ0v) is 22.6. The van der Waals surface area contributed by atoms with Crippen LogP contribution in [-0.2, 0) is 28.7 Å². The first-order valence-electron chi connectivity index (χ1n) is 13.7. The lowest BCUT2D eigenvalue weighted by atomic mass is 9.45. The van der Waals surface area contributed by atoms with Crippen molar-refractivity contribution in [3.05, 3.63) is 11.1 Å². The minimum Gasteiger partial charge on any atom is -0.481 e. The SMILES string of the molecule is CCC(=O)CCC1(C)OCC23C(O)C(=O)C4=C(C(=O)CC(C5(C)CO5)C4(C)CCC(=O)O)C2(C)CCC13. The van der Waals surface area contributed by atoms with E-state index in [0.717, 1.165) is 0 Å². The summed E-state index contributed by atoms with van der Waals surface area (Å²) in [5.41, 5.74) is -3.12. The number of carboxylic acids is 1. The average Bonchev–Trinajstić information content (AvgIpc) is 3.40. The molecule has 1 spiro atoms. The molecule has 3 fully saturated rings. The van der Waals surface area contributed by atoms with Gasteiger partial charge < -0.3 is 19.7 Å². The molecule has 8 nitrogen and oxygen atoms in total. The van der Waals surface area contributed by atoms with Crippen LogP contribution < -0.4 is 0 Å². The van der Waals surface area contributed by atoms with Crippen LogP contribution in [0.15, 0.2) is 11.1 Å². The second kappa shape index (κ2) is 8.30. The van der Waals surface area contributed by atoms with E-state index in [1.54, 1.807) is 0 Å². The molecule has 5 rings (SSSR count). The molecule has 2 N–H and O–H groups in total. The predicted octanol–water partition coefficient (Wildman–Crippen LogP) is 3.43. The Kier molecular flexibility index (Phi) is 5.99. The molecule has 0 bridgehead atoms. The van der Waals surface area contributed by atoms with Crippen LogP contribution in [0, 0.1) is 28.1 Å². The number of carbonyl (C=O) groups is 4. The first kappa shape index (κ1) is 26.7. The zero-order valence-electron chi connectivity index (χ0n) is 22.6. The van der Waals surface area contributed by atoms with Crippen LogP contribution in [0.5, 0.6) is 0 Å². The number of fused-ring (bicyclic) bond motifs is 1. The molecule has 5 aliphatic rings. The standard InChI is InChI=1S/C29H40O8/c1-6-16(30)7-12-27(4)18-8-11-26(3)21-17(31)13-19(28(5)14-36-28)25(2,10-9-20(32)33)22(21)23(34)24(35)29(18,26)15-37-27/h18-19,24,35H,6-15H2,1-5H3,(H,32,33). The smallest absolute Gasteiger partial charge is 0.303 e. The van der Waals surface area contributed by atoms with Crippen molar-refractivity contribution in [1.29, 1.82) is 0 Å². The highest BCUT2D eigenvalue weighted by atomic mass is 16.6. The number of allylic oxidation sites excluding steroid dienone is 1. The molecule has 1 saturated carbocycles. The van der Waals surface area contributed by atoms with Gasteiger partial charge in [0.15, 0.2) is 11.6 Å². The van der Waals surface area contributed by atoms with E-state index >= 15 is 0 Å². The number of epoxide rings is 1. The summed E-state index contributed by atoms with van der Waals surface area (Å²) in [7, 11) is 0. The van der Waals surface area contributed by atoms with Gasteiger partial charge in [0, 0.05) is 59.0 Å². The van der Waals surface area contributed by atoms with E-state index in [4.69, 9.17) is 9.47 Å². The zero-order chi connectivity index (χ0) is 27.2. The van der Waals surface area contributed by atoms with E-state index in [2.05, 4.69) is 0 Å². The van der Waals surface area contributed by atoms with Gasteiger partial charge in [-0.3, -0.25) is 19.2 Å². The fourth-order valence-electron chi connectivity index (χ4n) is 8.88. The summed E-state index contributed by atoms with van der Waals surface area (Å²) in [6.07, 6.45) is 1.51. The largest absolute Gasteiger partial charge is 0.481 e. The predicted molar refractivity (Wildman–Crippen MR) is 133 cm³/mol. The lowest BCUT2D eigenvalue weighted by Gasteiger charge is -2.57. The van der Waals surface area contributed by atoms with Crippen molar-refractivity contribution >= 4 is 23.3 Å². The van der Waals surface area contributed by atoms with Crippen LogP contribution >= 0.6 is 0 Å². The number of ether oxygens (including phenoxy) is 2. The van der Waals surface area contributed by atoms with Gasteiger partial charge in [0.05, 0.1) is 24.4 Å². The molecule has 8 heteroatoms. The molecule has 2 heterocycles. The molecule has 2 saturated heterocycles. The molecule has 0 radical (unpaired) electrons. The lowest BCUT2D eigenvalue weighted by molar-refractivity contribution is -0.149. The number of carboxylic acid groups (broad SMARTS) is 1. The summed E-state index contributed by atoms with van der Waals surface area (Å²) in [6.45, 7) is 10.2. The number of carbonyl (C=O) groups excluding carboxylic acids is 3. The minimum absolute atomic E-state index is 0.0953. The number of hydrogen-bond donors (Lipinski definition) is 2. The Morgan fingerprint density at radius 2 is 1.65 bits per heavy atom. The van der Waals surface area contributed by atoms with E-state index in [1.165, 1.54) is 0 Å². The number of aliphatic carboxylic acids is 1. The highest BCUT2D eigenvalue weighted by Crippen LogP contribution is 2.73. The van der Waals surface area contributed by atoms with Crippen LogP contribution in [0.25, 0.3) is 0 Å². The molecule has 8 unspecified atom stereocenters. The van der Waals surface area contributed by atoms with Gasteiger partial charge in [-0.1, -0.05) is 20.8 Å². The van der Waals surface area contributed by atoms with E-state index < -0.39 is 45.3 Å². The molecular weight excluding hydrogens is 476 g/mol. The van der Waals surface area contributed by atoms with Crippen molar-refractivity contribution in [2.24, 2.45) is 28.1 Å². The van der Waals surface area contributed by atoms with Crippen LogP contribution in [-0.4, -0.2) is 64.1 Å². The lowest BCUT2D eigenvalue weighted by Crippen LogP contribution is -2.63. The maximum Gasteiger partial charge on any atom is 0.303 e. The summed E-state index contributed by atoms with van der Waals surface area (Å²) in [5, 5.41) is 21.4. The normalized spacial score (nSPS) is 46.5. The fourth-order valence-corrected chi connectivity index (χ4v) is 8.88. The Morgan fingerprint density at radius 1 is 0.973 bits per heavy atom. The van der Waals surface area contributed by atoms with Crippen molar-refractivity contribution in [1.82, 2.24) is 0 Å². The van der Waals surface area contributed by atoms with Crippen LogP contribution in [0.1, 0.15) is 86.0 Å². The summed E-state index contributed by atoms with van der Waals surface area (Å²) >= 11 is 0. The van der Waals surface area contributed by atoms with E-state index in [1.807, 2.05) is 34.6 Å². The summed E-state index contributed by atoms with van der Waals surface area (Å²) in [6, 6.07) is 0. The van der Waals surface area contributed by atoms with E-state index in [-0.39, 0.29) is 49.3 Å². The van der Waals surface area contributed by atoms with Gasteiger partial charge in [0.2, 0.25) is 0 Å². The van der Waals surface area contributed by atoms with E-state index in [9.17, 15) is 29.4 Å². The molecule has 0 aromatic heterocycles. The number of aliphatic hydroxyl groups is 1. The van der Waals surface area contributed by atoms with Gasteiger partial charge in [0.1, 0.15) is 11.9 Å². The van der Waals surface area contributed by atoms with Gasteiger partial charge >= 0.3 is 5.97 Å². The van der Waals surface area contributed by atoms with Gasteiger partial charge in [-0.2, -0.15) is 0 Å². The third-order valence-corrected chi connectivity index (χ3v) is 11.2. The van der Waals surface area contributed by atoms with Crippen LogP contribution in [0.2, 0.25) is 0 Å². The second-order valence-corrected chi connectivity index (χ2v) is 13.1. The highest BCUT2D eigenvalue weighted by molar-refractivity contribution is 6.13. The molecule has 8 atom stereocenters. The highest BCUT2D eigenvalue weighted by Gasteiger charge is 2.76. The maximum atomic E-state index is 14.2. The summed E-state index contributed by atoms with van der Waals surface area (Å²) in [5.74, 6) is -1.90. The van der Waals surface area contributed by atoms with Crippen LogP contribution in [0.4, 0.5) is 0 Å². The van der Waals surface area contributed by atoms with Crippen LogP contribution in [0.3, 0.4) is 0 Å². The first-order valence-corrected chi connectivity index (χ1v) is 13.7. The van der Waals surface area contributed by atoms with E-state index in [0.29, 0.717) is 49.9 Å².